The average Bonchev–Trinajstić information content (AvgIpc) is 3.36. The van der Waals surface area contributed by atoms with Crippen molar-refractivity contribution >= 4 is 11.8 Å². The van der Waals surface area contributed by atoms with Gasteiger partial charge in [0.05, 0.1) is 19.0 Å². The van der Waals surface area contributed by atoms with E-state index in [1.165, 1.54) is 25.2 Å². The highest BCUT2D eigenvalue weighted by atomic mass is 16.5. The summed E-state index contributed by atoms with van der Waals surface area (Å²) in [6.07, 6.45) is 6.86. The third-order valence-corrected chi connectivity index (χ3v) is 3.31. The molecule has 0 saturated heterocycles. The monoisotopic (exact) mass is 300 g/mol. The molecule has 0 unspecified atom stereocenters. The summed E-state index contributed by atoms with van der Waals surface area (Å²) in [6.45, 7) is 1.27. The van der Waals surface area contributed by atoms with E-state index in [0.29, 0.717) is 24.2 Å². The number of carboxylic acid groups (broad SMARTS) is 1. The molecule has 0 aromatic carbocycles. The predicted molar refractivity (Wildman–Crippen MR) is 78.8 cm³/mol. The Hall–Kier alpha value is -2.70. The molecule has 1 aliphatic carbocycles. The molecule has 0 radical (unpaired) electrons. The highest BCUT2D eigenvalue weighted by molar-refractivity contribution is 5.84. The highest BCUT2D eigenvalue weighted by Crippen LogP contribution is 2.29. The molecule has 114 valence electrons. The molecule has 2 heterocycles. The van der Waals surface area contributed by atoms with Crippen LogP contribution in [0, 0.1) is 5.92 Å². The topological polar surface area (TPSA) is 97.2 Å². The lowest BCUT2D eigenvalue weighted by Crippen LogP contribution is -2.06. The van der Waals surface area contributed by atoms with E-state index in [2.05, 4.69) is 20.3 Å². The Balaban J connectivity index is 1.50. The van der Waals surface area contributed by atoms with Gasteiger partial charge in [-0.25, -0.2) is 19.7 Å². The van der Waals surface area contributed by atoms with Crippen LogP contribution in [0.25, 0.3) is 0 Å². The smallest absolute Gasteiger partial charge is 0.356 e. The molecule has 0 bridgehead atoms. The third kappa shape index (κ3) is 3.91. The first-order chi connectivity index (χ1) is 10.7. The van der Waals surface area contributed by atoms with E-state index >= 15 is 0 Å². The molecule has 2 aromatic rings. The molecular formula is C15H16N4O3. The molecule has 0 aliphatic heterocycles. The van der Waals surface area contributed by atoms with Crippen molar-refractivity contribution in [3.8, 4) is 5.88 Å². The first-order valence-electron chi connectivity index (χ1n) is 7.07. The van der Waals surface area contributed by atoms with Gasteiger partial charge in [-0.3, -0.25) is 0 Å². The number of ether oxygens (including phenoxy) is 1. The lowest BCUT2D eigenvalue weighted by molar-refractivity contribution is 0.0690. The summed E-state index contributed by atoms with van der Waals surface area (Å²) >= 11 is 0. The molecule has 1 aliphatic rings. The summed E-state index contributed by atoms with van der Waals surface area (Å²) in [5, 5.41) is 11.8. The second-order valence-corrected chi connectivity index (χ2v) is 5.20. The van der Waals surface area contributed by atoms with E-state index in [4.69, 9.17) is 9.84 Å². The number of rotatable bonds is 7. The van der Waals surface area contributed by atoms with Gasteiger partial charge < -0.3 is 15.2 Å². The second-order valence-electron chi connectivity index (χ2n) is 5.20. The van der Waals surface area contributed by atoms with Crippen molar-refractivity contribution in [1.82, 2.24) is 15.0 Å². The fourth-order valence-corrected chi connectivity index (χ4v) is 1.81. The van der Waals surface area contributed by atoms with E-state index in [1.807, 2.05) is 12.1 Å². The number of hydrogen-bond donors (Lipinski definition) is 2. The van der Waals surface area contributed by atoms with Crippen LogP contribution in [0.5, 0.6) is 5.88 Å². The minimum absolute atomic E-state index is 0.0793. The van der Waals surface area contributed by atoms with Crippen LogP contribution < -0.4 is 10.1 Å². The summed E-state index contributed by atoms with van der Waals surface area (Å²) < 4.78 is 5.57. The number of carboxylic acids is 1. The van der Waals surface area contributed by atoms with E-state index < -0.39 is 5.97 Å². The van der Waals surface area contributed by atoms with Crippen LogP contribution in [-0.4, -0.2) is 32.6 Å². The lowest BCUT2D eigenvalue weighted by atomic mass is 10.3. The zero-order valence-corrected chi connectivity index (χ0v) is 11.9. The van der Waals surface area contributed by atoms with Gasteiger partial charge >= 0.3 is 5.97 Å². The molecule has 1 fully saturated rings. The normalized spacial score (nSPS) is 13.6. The SMILES string of the molecule is O=C(O)c1cnc(NCc2ccc(OCC3CC3)nc2)cn1. The van der Waals surface area contributed by atoms with Crippen molar-refractivity contribution in [3.63, 3.8) is 0 Å². The van der Waals surface area contributed by atoms with E-state index in [1.54, 1.807) is 6.20 Å². The summed E-state index contributed by atoms with van der Waals surface area (Å²) in [5.74, 6) is 0.765. The number of hydrogen-bond acceptors (Lipinski definition) is 6. The molecule has 7 heteroatoms. The number of nitrogens with zero attached hydrogens (tertiary/aromatic N) is 3. The van der Waals surface area contributed by atoms with Crippen molar-refractivity contribution in [2.45, 2.75) is 19.4 Å². The quantitative estimate of drug-likeness (QED) is 0.806. The van der Waals surface area contributed by atoms with Gasteiger partial charge in [0.15, 0.2) is 5.69 Å². The maximum Gasteiger partial charge on any atom is 0.356 e. The second kappa shape index (κ2) is 6.38. The zero-order chi connectivity index (χ0) is 15.4. The molecule has 2 N–H and O–H groups in total. The maximum atomic E-state index is 10.7. The van der Waals surface area contributed by atoms with E-state index in [0.717, 1.165) is 12.2 Å². The number of anilines is 1. The van der Waals surface area contributed by atoms with E-state index in [-0.39, 0.29) is 5.69 Å². The zero-order valence-electron chi connectivity index (χ0n) is 11.9. The van der Waals surface area contributed by atoms with Gasteiger partial charge in [-0.2, -0.15) is 0 Å². The van der Waals surface area contributed by atoms with Gasteiger partial charge in [-0.15, -0.1) is 0 Å². The van der Waals surface area contributed by atoms with Crippen molar-refractivity contribution < 1.29 is 14.6 Å². The van der Waals surface area contributed by atoms with Crippen LogP contribution in [0.1, 0.15) is 28.9 Å². The molecule has 7 nitrogen and oxygen atoms in total. The largest absolute Gasteiger partial charge is 0.477 e. The minimum Gasteiger partial charge on any atom is -0.477 e. The van der Waals surface area contributed by atoms with Crippen LogP contribution in [0.4, 0.5) is 5.82 Å². The number of aromatic nitrogens is 3. The number of pyridine rings is 1. The molecule has 3 rings (SSSR count). The number of aromatic carboxylic acids is 1. The molecular weight excluding hydrogens is 284 g/mol. The average molecular weight is 300 g/mol. The molecule has 0 spiro atoms. The van der Waals surface area contributed by atoms with Crippen LogP contribution in [0.15, 0.2) is 30.7 Å². The Kier molecular flexibility index (Phi) is 4.13. The summed E-state index contributed by atoms with van der Waals surface area (Å²) in [6, 6.07) is 3.78. The number of nitrogens with one attached hydrogen (secondary N) is 1. The van der Waals surface area contributed by atoms with Gasteiger partial charge in [0.2, 0.25) is 5.88 Å². The van der Waals surface area contributed by atoms with Crippen molar-refractivity contribution in [2.75, 3.05) is 11.9 Å². The number of carbonyl (C=O) groups is 1. The third-order valence-electron chi connectivity index (χ3n) is 3.31. The Morgan fingerprint density at radius 2 is 2.09 bits per heavy atom. The Bertz CT molecular complexity index is 639. The first kappa shape index (κ1) is 14.2. The molecule has 0 atom stereocenters. The Morgan fingerprint density at radius 3 is 2.68 bits per heavy atom. The predicted octanol–water partition coefficient (Wildman–Crippen LogP) is 1.97. The van der Waals surface area contributed by atoms with E-state index in [9.17, 15) is 4.79 Å². The summed E-state index contributed by atoms with van der Waals surface area (Å²) in [4.78, 5) is 22.7. The van der Waals surface area contributed by atoms with Crippen molar-refractivity contribution in [2.24, 2.45) is 5.92 Å². The van der Waals surface area contributed by atoms with Gasteiger partial charge in [0, 0.05) is 18.8 Å². The van der Waals surface area contributed by atoms with Gasteiger partial charge in [-0.05, 0) is 24.3 Å². The fraction of sp³-hybridized carbons (Fsp3) is 0.333. The lowest BCUT2D eigenvalue weighted by Gasteiger charge is -2.07. The van der Waals surface area contributed by atoms with Crippen LogP contribution >= 0.6 is 0 Å². The Morgan fingerprint density at radius 1 is 1.23 bits per heavy atom. The van der Waals surface area contributed by atoms with Crippen LogP contribution in [0.3, 0.4) is 0 Å². The highest BCUT2D eigenvalue weighted by Gasteiger charge is 2.21. The summed E-state index contributed by atoms with van der Waals surface area (Å²) in [7, 11) is 0. The molecule has 22 heavy (non-hydrogen) atoms. The minimum atomic E-state index is -1.09. The molecule has 0 amide bonds. The fourth-order valence-electron chi connectivity index (χ4n) is 1.81. The molecule has 1 saturated carbocycles. The van der Waals surface area contributed by atoms with Crippen LogP contribution in [-0.2, 0) is 6.54 Å². The summed E-state index contributed by atoms with van der Waals surface area (Å²) in [5.41, 5.74) is 0.896. The molecule has 2 aromatic heterocycles. The van der Waals surface area contributed by atoms with Crippen molar-refractivity contribution in [3.05, 3.63) is 42.0 Å². The standard InChI is InChI=1S/C15H16N4O3/c20-15(21)12-7-18-13(8-16-12)17-5-11-3-4-14(19-6-11)22-9-10-1-2-10/h3-4,6-8,10H,1-2,5,9H2,(H,17,18)(H,20,21). The van der Waals surface area contributed by atoms with Gasteiger partial charge in [0.1, 0.15) is 5.82 Å². The van der Waals surface area contributed by atoms with Crippen LogP contribution in [0.2, 0.25) is 0 Å². The first-order valence-corrected chi connectivity index (χ1v) is 7.07. The van der Waals surface area contributed by atoms with Crippen molar-refractivity contribution in [1.29, 1.82) is 0 Å². The van der Waals surface area contributed by atoms with Gasteiger partial charge in [0.25, 0.3) is 0 Å². The van der Waals surface area contributed by atoms with Gasteiger partial charge in [-0.1, -0.05) is 6.07 Å². The maximum absolute atomic E-state index is 10.7. The Labute approximate surface area is 127 Å².